The minimum atomic E-state index is 0.600. The zero-order chi connectivity index (χ0) is 20.7. The predicted molar refractivity (Wildman–Crippen MR) is 116 cm³/mol. The minimum absolute atomic E-state index is 0.600. The van der Waals surface area contributed by atoms with Crippen LogP contribution in [0.2, 0.25) is 0 Å². The summed E-state index contributed by atoms with van der Waals surface area (Å²) in [4.78, 5) is 13.7. The van der Waals surface area contributed by atoms with Crippen molar-refractivity contribution in [1.82, 2.24) is 14.4 Å². The summed E-state index contributed by atoms with van der Waals surface area (Å²) in [7, 11) is 0. The van der Waals surface area contributed by atoms with Crippen molar-refractivity contribution < 1.29 is 0 Å². The van der Waals surface area contributed by atoms with Crippen LogP contribution in [-0.4, -0.2) is 40.5 Å². The molecule has 1 saturated heterocycles. The monoisotopic (exact) mass is 393 g/mol. The van der Waals surface area contributed by atoms with Crippen LogP contribution in [-0.2, 0) is 0 Å². The van der Waals surface area contributed by atoms with Crippen LogP contribution in [0.15, 0.2) is 48.7 Å². The Morgan fingerprint density at radius 2 is 1.70 bits per heavy atom. The van der Waals surface area contributed by atoms with E-state index in [4.69, 9.17) is 4.98 Å². The van der Waals surface area contributed by atoms with Gasteiger partial charge in [-0.3, -0.25) is 4.40 Å². The van der Waals surface area contributed by atoms with E-state index in [0.29, 0.717) is 16.8 Å². The normalized spacial score (nSPS) is 14.1. The van der Waals surface area contributed by atoms with E-state index in [0.717, 1.165) is 54.4 Å². The average molecular weight is 393 g/mol. The molecule has 0 unspecified atom stereocenters. The number of piperazine rings is 1. The Hall–Kier alpha value is -4.10. The van der Waals surface area contributed by atoms with Gasteiger partial charge in [-0.05, 0) is 42.8 Å². The van der Waals surface area contributed by atoms with E-state index in [1.54, 1.807) is 18.3 Å². The van der Waals surface area contributed by atoms with Crippen molar-refractivity contribution in [2.75, 3.05) is 36.0 Å². The summed E-state index contributed by atoms with van der Waals surface area (Å²) in [6, 6.07) is 18.2. The van der Waals surface area contributed by atoms with E-state index in [1.807, 2.05) is 31.2 Å². The number of pyridine rings is 2. The molecule has 5 rings (SSSR count). The number of hydrogen-bond acceptors (Lipinski definition) is 6. The second kappa shape index (κ2) is 7.06. The maximum atomic E-state index is 9.70. The molecule has 0 amide bonds. The molecular weight excluding hydrogens is 374 g/mol. The number of para-hydroxylation sites is 2. The number of aromatic nitrogens is 3. The molecule has 0 radical (unpaired) electrons. The minimum Gasteiger partial charge on any atom is -0.354 e. The van der Waals surface area contributed by atoms with Gasteiger partial charge in [-0.15, -0.1) is 0 Å². The molecule has 1 fully saturated rings. The van der Waals surface area contributed by atoms with Crippen molar-refractivity contribution in [2.45, 2.75) is 6.92 Å². The van der Waals surface area contributed by atoms with Gasteiger partial charge in [-0.25, -0.2) is 9.97 Å². The van der Waals surface area contributed by atoms with Gasteiger partial charge in [0, 0.05) is 32.4 Å². The van der Waals surface area contributed by atoms with Crippen molar-refractivity contribution in [3.63, 3.8) is 0 Å². The number of nitrogens with zero attached hydrogens (tertiary/aromatic N) is 7. The molecule has 4 heterocycles. The highest BCUT2D eigenvalue weighted by Gasteiger charge is 2.24. The van der Waals surface area contributed by atoms with Gasteiger partial charge < -0.3 is 9.80 Å². The van der Waals surface area contributed by atoms with Crippen LogP contribution in [0.4, 0.5) is 11.6 Å². The van der Waals surface area contributed by atoms with E-state index < -0.39 is 0 Å². The molecule has 0 bridgehead atoms. The van der Waals surface area contributed by atoms with Gasteiger partial charge in [0.05, 0.1) is 22.2 Å². The Balaban J connectivity index is 1.55. The zero-order valence-electron chi connectivity index (χ0n) is 16.6. The maximum Gasteiger partial charge on any atom is 0.157 e. The third kappa shape index (κ3) is 2.72. The standard InChI is InChI=1S/C23H19N7/c1-16-13-21(30-20-7-3-2-6-19(20)27-23(30)18(16)15-25)28-9-11-29(12-10-28)22-17(14-24)5-4-8-26-22/h2-8,13H,9-12H2,1H3. The fraction of sp³-hybridized carbons (Fsp3) is 0.217. The van der Waals surface area contributed by atoms with Crippen LogP contribution in [0.25, 0.3) is 16.7 Å². The Morgan fingerprint density at radius 3 is 2.47 bits per heavy atom. The van der Waals surface area contributed by atoms with Gasteiger partial charge in [-0.2, -0.15) is 10.5 Å². The molecule has 4 aromatic rings. The first-order valence-electron chi connectivity index (χ1n) is 9.87. The summed E-state index contributed by atoms with van der Waals surface area (Å²) in [6.07, 6.45) is 1.73. The van der Waals surface area contributed by atoms with Gasteiger partial charge in [0.15, 0.2) is 5.65 Å². The zero-order valence-corrected chi connectivity index (χ0v) is 16.6. The number of benzene rings is 1. The summed E-state index contributed by atoms with van der Waals surface area (Å²) < 4.78 is 2.10. The average Bonchev–Trinajstić information content (AvgIpc) is 3.18. The van der Waals surface area contributed by atoms with Crippen molar-refractivity contribution >= 4 is 28.3 Å². The smallest absolute Gasteiger partial charge is 0.157 e. The summed E-state index contributed by atoms with van der Waals surface area (Å²) in [5.74, 6) is 1.78. The first-order valence-corrected chi connectivity index (χ1v) is 9.87. The molecule has 0 aliphatic carbocycles. The van der Waals surface area contributed by atoms with Crippen LogP contribution in [0, 0.1) is 29.6 Å². The molecule has 0 N–H and O–H groups in total. The Morgan fingerprint density at radius 1 is 0.933 bits per heavy atom. The van der Waals surface area contributed by atoms with Crippen LogP contribution < -0.4 is 9.80 Å². The van der Waals surface area contributed by atoms with E-state index in [9.17, 15) is 10.5 Å². The third-order valence-corrected chi connectivity index (χ3v) is 5.68. The van der Waals surface area contributed by atoms with Crippen LogP contribution >= 0.6 is 0 Å². The van der Waals surface area contributed by atoms with Crippen LogP contribution in [0.5, 0.6) is 0 Å². The highest BCUT2D eigenvalue weighted by molar-refractivity contribution is 5.85. The van der Waals surface area contributed by atoms with E-state index in [1.165, 1.54) is 0 Å². The van der Waals surface area contributed by atoms with E-state index in [2.05, 4.69) is 37.4 Å². The number of aryl methyl sites for hydroxylation is 1. The van der Waals surface area contributed by atoms with Gasteiger partial charge in [-0.1, -0.05) is 12.1 Å². The second-order valence-corrected chi connectivity index (χ2v) is 7.39. The summed E-state index contributed by atoms with van der Waals surface area (Å²) >= 11 is 0. The molecule has 146 valence electrons. The number of anilines is 2. The molecule has 1 aromatic carbocycles. The molecular formula is C23H19N7. The lowest BCUT2D eigenvalue weighted by Gasteiger charge is -2.37. The van der Waals surface area contributed by atoms with E-state index in [-0.39, 0.29) is 0 Å². The maximum absolute atomic E-state index is 9.70. The number of nitriles is 2. The lowest BCUT2D eigenvalue weighted by atomic mass is 10.1. The molecule has 3 aromatic heterocycles. The first kappa shape index (κ1) is 18.0. The summed E-state index contributed by atoms with van der Waals surface area (Å²) in [6.45, 7) is 5.06. The lowest BCUT2D eigenvalue weighted by molar-refractivity contribution is 0.639. The van der Waals surface area contributed by atoms with Gasteiger partial charge in [0.2, 0.25) is 0 Å². The topological polar surface area (TPSA) is 84.2 Å². The van der Waals surface area contributed by atoms with Crippen molar-refractivity contribution in [3.8, 4) is 12.1 Å². The molecule has 1 aliphatic rings. The van der Waals surface area contributed by atoms with Gasteiger partial charge in [0.1, 0.15) is 23.8 Å². The number of imidazole rings is 1. The second-order valence-electron chi connectivity index (χ2n) is 7.39. The number of rotatable bonds is 2. The Kier molecular flexibility index (Phi) is 4.22. The third-order valence-electron chi connectivity index (χ3n) is 5.68. The first-order chi connectivity index (χ1) is 14.7. The van der Waals surface area contributed by atoms with Crippen LogP contribution in [0.1, 0.15) is 16.7 Å². The molecule has 0 atom stereocenters. The number of hydrogen-bond donors (Lipinski definition) is 0. The Bertz CT molecular complexity index is 1350. The quantitative estimate of drug-likeness (QED) is 0.520. The summed E-state index contributed by atoms with van der Waals surface area (Å²) in [5.41, 5.74) is 4.72. The fourth-order valence-electron chi connectivity index (χ4n) is 4.19. The highest BCUT2D eigenvalue weighted by atomic mass is 15.3. The summed E-state index contributed by atoms with van der Waals surface area (Å²) in [5, 5.41) is 19.1. The highest BCUT2D eigenvalue weighted by Crippen LogP contribution is 2.30. The fourth-order valence-corrected chi connectivity index (χ4v) is 4.19. The molecule has 7 nitrogen and oxygen atoms in total. The van der Waals surface area contributed by atoms with Crippen molar-refractivity contribution in [2.24, 2.45) is 0 Å². The molecule has 1 aliphatic heterocycles. The molecule has 0 spiro atoms. The van der Waals surface area contributed by atoms with Gasteiger partial charge in [0.25, 0.3) is 0 Å². The van der Waals surface area contributed by atoms with Crippen molar-refractivity contribution in [1.29, 1.82) is 10.5 Å². The lowest BCUT2D eigenvalue weighted by Crippen LogP contribution is -2.47. The van der Waals surface area contributed by atoms with E-state index >= 15 is 0 Å². The molecule has 7 heteroatoms. The molecule has 30 heavy (non-hydrogen) atoms. The SMILES string of the molecule is Cc1cc(N2CCN(c3ncccc3C#N)CC2)n2c(nc3ccccc32)c1C#N. The van der Waals surface area contributed by atoms with Gasteiger partial charge >= 0.3 is 0 Å². The molecule has 0 saturated carbocycles. The van der Waals surface area contributed by atoms with Crippen LogP contribution in [0.3, 0.4) is 0 Å². The largest absolute Gasteiger partial charge is 0.354 e. The number of fused-ring (bicyclic) bond motifs is 3. The van der Waals surface area contributed by atoms with Crippen molar-refractivity contribution in [3.05, 3.63) is 65.4 Å². The predicted octanol–water partition coefficient (Wildman–Crippen LogP) is 3.26. The Labute approximate surface area is 174 Å².